The van der Waals surface area contributed by atoms with Gasteiger partial charge in [0.2, 0.25) is 6.19 Å². The van der Waals surface area contributed by atoms with E-state index >= 15 is 0 Å². The first-order chi connectivity index (χ1) is 5.24. The highest BCUT2D eigenvalue weighted by Gasteiger charge is 2.12. The Morgan fingerprint density at radius 1 is 1.91 bits per heavy atom. The molecule has 0 amide bonds. The molecule has 0 aliphatic carbocycles. The molecule has 4 heteroatoms. The molecule has 1 unspecified atom stereocenters. The second kappa shape index (κ2) is 3.17. The molecular weight excluding hydrogens is 142 g/mol. The van der Waals surface area contributed by atoms with Crippen molar-refractivity contribution in [3.05, 3.63) is 12.2 Å². The molecule has 58 valence electrons. The van der Waals surface area contributed by atoms with Gasteiger partial charge in [0, 0.05) is 13.6 Å². The largest absolute Gasteiger partial charge is 0.387 e. The van der Waals surface area contributed by atoms with E-state index in [2.05, 4.69) is 4.99 Å². The van der Waals surface area contributed by atoms with Crippen LogP contribution in [0.25, 0.3) is 0 Å². The molecule has 0 spiro atoms. The molecule has 0 fully saturated rings. The van der Waals surface area contributed by atoms with Gasteiger partial charge in [0.1, 0.15) is 5.84 Å². The van der Waals surface area contributed by atoms with Gasteiger partial charge in [-0.25, -0.2) is 0 Å². The Balaban J connectivity index is 2.78. The van der Waals surface area contributed by atoms with Crippen LogP contribution in [0, 0.1) is 11.5 Å². The number of likely N-dealkylation sites (N-methyl/N-ethyl adjacent to an activating group) is 1. The fraction of sp³-hybridized carbons (Fsp3) is 0.429. The zero-order valence-electron chi connectivity index (χ0n) is 6.23. The number of hydrogen-bond acceptors (Lipinski definition) is 3. The quantitative estimate of drug-likeness (QED) is 0.485. The van der Waals surface area contributed by atoms with Crippen LogP contribution in [0.15, 0.2) is 17.1 Å². The first-order valence-corrected chi connectivity index (χ1v) is 3.28. The summed E-state index contributed by atoms with van der Waals surface area (Å²) in [5.74, 6) is 0.595. The van der Waals surface area contributed by atoms with Crippen molar-refractivity contribution in [2.24, 2.45) is 4.99 Å². The van der Waals surface area contributed by atoms with E-state index in [0.717, 1.165) is 0 Å². The van der Waals surface area contributed by atoms with E-state index in [-0.39, 0.29) is 0 Å². The maximum absolute atomic E-state index is 9.10. The Morgan fingerprint density at radius 3 is 3.18 bits per heavy atom. The molecule has 0 saturated carbocycles. The van der Waals surface area contributed by atoms with Gasteiger partial charge in [-0.3, -0.25) is 0 Å². The van der Waals surface area contributed by atoms with Crippen LogP contribution in [0.5, 0.6) is 0 Å². The van der Waals surface area contributed by atoms with Gasteiger partial charge in [0.05, 0.1) is 6.10 Å². The Kier molecular flexibility index (Phi) is 2.24. The van der Waals surface area contributed by atoms with E-state index < -0.39 is 6.10 Å². The molecule has 0 aromatic heterocycles. The van der Waals surface area contributed by atoms with Crippen LogP contribution in [0.2, 0.25) is 0 Å². The number of nitriles is 1. The van der Waals surface area contributed by atoms with E-state index in [1.165, 1.54) is 0 Å². The van der Waals surface area contributed by atoms with Crippen molar-refractivity contribution in [2.45, 2.75) is 6.10 Å². The number of aliphatic hydroxyl groups excluding tert-OH is 1. The second-order valence-corrected chi connectivity index (χ2v) is 2.38. The van der Waals surface area contributed by atoms with Gasteiger partial charge < -0.3 is 10.0 Å². The average molecular weight is 151 g/mol. The maximum Gasteiger partial charge on any atom is 0.207 e. The summed E-state index contributed by atoms with van der Waals surface area (Å²) in [5.41, 5.74) is 0. The molecular formula is C7H9N3O. The van der Waals surface area contributed by atoms with Gasteiger partial charge in [-0.2, -0.15) is 10.3 Å². The third-order valence-electron chi connectivity index (χ3n) is 1.48. The van der Waals surface area contributed by atoms with Crippen LogP contribution in [0.3, 0.4) is 0 Å². The molecule has 1 rings (SSSR count). The predicted octanol–water partition coefficient (Wildman–Crippen LogP) is -0.272. The van der Waals surface area contributed by atoms with Crippen LogP contribution >= 0.6 is 0 Å². The smallest absolute Gasteiger partial charge is 0.207 e. The summed E-state index contributed by atoms with van der Waals surface area (Å²) in [5, 5.41) is 17.3. The first-order valence-electron chi connectivity index (χ1n) is 3.28. The zero-order chi connectivity index (χ0) is 8.27. The summed E-state index contributed by atoms with van der Waals surface area (Å²) in [6.07, 6.45) is 4.51. The van der Waals surface area contributed by atoms with Crippen LogP contribution in [-0.4, -0.2) is 35.5 Å². The van der Waals surface area contributed by atoms with Gasteiger partial charge in [0.25, 0.3) is 0 Å². The van der Waals surface area contributed by atoms with Crippen molar-refractivity contribution >= 4 is 5.84 Å². The van der Waals surface area contributed by atoms with E-state index in [9.17, 15) is 0 Å². The second-order valence-electron chi connectivity index (χ2n) is 2.38. The fourth-order valence-electron chi connectivity index (χ4n) is 0.933. The van der Waals surface area contributed by atoms with Gasteiger partial charge in [-0.05, 0) is 6.08 Å². The minimum atomic E-state index is -0.447. The number of β-amino-alcohol motifs (C(OH)–C–C–N with tert-alkyl or cyclic N) is 1. The van der Waals surface area contributed by atoms with Crippen molar-refractivity contribution in [1.82, 2.24) is 4.90 Å². The highest BCUT2D eigenvalue weighted by atomic mass is 16.3. The van der Waals surface area contributed by atoms with Gasteiger partial charge >= 0.3 is 0 Å². The highest BCUT2D eigenvalue weighted by molar-refractivity contribution is 5.94. The zero-order valence-corrected chi connectivity index (χ0v) is 6.23. The molecule has 0 aromatic carbocycles. The van der Waals surface area contributed by atoms with Crippen LogP contribution in [0.4, 0.5) is 0 Å². The summed E-state index contributed by atoms with van der Waals surface area (Å²) in [4.78, 5) is 5.28. The monoisotopic (exact) mass is 151 g/mol. The topological polar surface area (TPSA) is 59.6 Å². The van der Waals surface area contributed by atoms with Crippen molar-refractivity contribution in [3.63, 3.8) is 0 Å². The molecule has 1 heterocycles. The molecule has 4 nitrogen and oxygen atoms in total. The van der Waals surface area contributed by atoms with E-state index in [1.807, 2.05) is 0 Å². The van der Waals surface area contributed by atoms with Crippen LogP contribution in [0.1, 0.15) is 0 Å². The summed E-state index contributed by atoms with van der Waals surface area (Å²) in [7, 11) is 1.78. The first kappa shape index (κ1) is 7.76. The predicted molar refractivity (Wildman–Crippen MR) is 40.8 cm³/mol. The molecule has 0 radical (unpaired) electrons. The molecule has 0 aromatic rings. The normalized spacial score (nSPS) is 27.2. The lowest BCUT2D eigenvalue weighted by molar-refractivity contribution is 0.190. The highest BCUT2D eigenvalue weighted by Crippen LogP contribution is 2.01. The molecule has 11 heavy (non-hydrogen) atoms. The minimum Gasteiger partial charge on any atom is -0.387 e. The lowest BCUT2D eigenvalue weighted by Gasteiger charge is -2.23. The summed E-state index contributed by atoms with van der Waals surface area (Å²) in [6, 6.07) is 0. The summed E-state index contributed by atoms with van der Waals surface area (Å²) in [6.45, 7) is 0.497. The lowest BCUT2D eigenvalue weighted by atomic mass is 10.2. The molecule has 1 N–H and O–H groups in total. The van der Waals surface area contributed by atoms with Crippen molar-refractivity contribution in [1.29, 1.82) is 5.26 Å². The summed E-state index contributed by atoms with van der Waals surface area (Å²) < 4.78 is 0. The molecule has 0 bridgehead atoms. The molecule has 1 aliphatic heterocycles. The lowest BCUT2D eigenvalue weighted by Crippen LogP contribution is -2.36. The Bertz CT molecular complexity index is 239. The average Bonchev–Trinajstić information content (AvgIpc) is 1.95. The Hall–Kier alpha value is -1.34. The number of aliphatic hydroxyl groups is 1. The molecule has 0 saturated heterocycles. The van der Waals surface area contributed by atoms with Gasteiger partial charge in [-0.1, -0.05) is 6.08 Å². The maximum atomic E-state index is 9.10. The number of nitrogens with zero attached hydrogens (tertiary/aromatic N) is 3. The van der Waals surface area contributed by atoms with Crippen molar-refractivity contribution in [2.75, 3.05) is 13.6 Å². The standard InChI is InChI=1S/C7H9N3O/c1-10-4-6(11)2-3-7(10)9-5-8/h2-3,6,11H,4H2,1H3. The van der Waals surface area contributed by atoms with Crippen LogP contribution < -0.4 is 0 Å². The number of amidine groups is 1. The Morgan fingerprint density at radius 2 is 2.64 bits per heavy atom. The Labute approximate surface area is 65.1 Å². The third kappa shape index (κ3) is 1.79. The summed E-state index contributed by atoms with van der Waals surface area (Å²) >= 11 is 0. The third-order valence-corrected chi connectivity index (χ3v) is 1.48. The van der Waals surface area contributed by atoms with Crippen molar-refractivity contribution < 1.29 is 5.11 Å². The SMILES string of the molecule is CN1CC(O)C=CC1=NC#N. The van der Waals surface area contributed by atoms with Crippen LogP contribution in [-0.2, 0) is 0 Å². The number of aliphatic imine (C=N–C) groups is 1. The number of hydrogen-bond donors (Lipinski definition) is 1. The molecule has 1 atom stereocenters. The molecule has 1 aliphatic rings. The fourth-order valence-corrected chi connectivity index (χ4v) is 0.933. The van der Waals surface area contributed by atoms with Gasteiger partial charge in [-0.15, -0.1) is 0 Å². The minimum absolute atomic E-state index is 0.447. The number of rotatable bonds is 0. The van der Waals surface area contributed by atoms with Gasteiger partial charge in [0.15, 0.2) is 0 Å². The van der Waals surface area contributed by atoms with Crippen molar-refractivity contribution in [3.8, 4) is 6.19 Å². The van der Waals surface area contributed by atoms with E-state index in [1.54, 1.807) is 30.3 Å². The van der Waals surface area contributed by atoms with E-state index in [0.29, 0.717) is 12.4 Å². The van der Waals surface area contributed by atoms with E-state index in [4.69, 9.17) is 10.4 Å².